The molecule has 0 unspecified atom stereocenters. The van der Waals surface area contributed by atoms with E-state index in [2.05, 4.69) is 0 Å². The van der Waals surface area contributed by atoms with Crippen molar-refractivity contribution in [2.45, 2.75) is 6.61 Å². The summed E-state index contributed by atoms with van der Waals surface area (Å²) in [5.74, 6) is -4.43. The van der Waals surface area contributed by atoms with Crippen LogP contribution in [0.25, 0.3) is 0 Å². The minimum Gasteiger partial charge on any atom is -0.489 e. The molecule has 0 aromatic heterocycles. The summed E-state index contributed by atoms with van der Waals surface area (Å²) < 4.78 is 56.8. The van der Waals surface area contributed by atoms with Gasteiger partial charge in [-0.25, -0.2) is 17.6 Å². The van der Waals surface area contributed by atoms with Crippen molar-refractivity contribution in [3.05, 3.63) is 65.2 Å². The average Bonchev–Trinajstić information content (AvgIpc) is 2.35. The van der Waals surface area contributed by atoms with Crippen molar-refractivity contribution in [3.63, 3.8) is 0 Å². The Labute approximate surface area is 101 Å². The fourth-order valence-electron chi connectivity index (χ4n) is 1.40. The van der Waals surface area contributed by atoms with Gasteiger partial charge < -0.3 is 4.74 Å². The van der Waals surface area contributed by atoms with E-state index in [1.807, 2.05) is 0 Å². The van der Waals surface area contributed by atoms with Crippen LogP contribution in [-0.4, -0.2) is 0 Å². The zero-order valence-corrected chi connectivity index (χ0v) is 9.09. The highest BCUT2D eigenvalue weighted by Crippen LogP contribution is 2.18. The molecule has 0 radical (unpaired) electrons. The van der Waals surface area contributed by atoms with Gasteiger partial charge in [-0.3, -0.25) is 0 Å². The van der Waals surface area contributed by atoms with Gasteiger partial charge in [0.2, 0.25) is 0 Å². The molecular formula is C13H8F4O. The van der Waals surface area contributed by atoms with Crippen molar-refractivity contribution in [1.82, 2.24) is 0 Å². The Morgan fingerprint density at radius 3 is 2.39 bits per heavy atom. The first-order valence-corrected chi connectivity index (χ1v) is 5.08. The van der Waals surface area contributed by atoms with Crippen LogP contribution in [0.1, 0.15) is 5.56 Å². The van der Waals surface area contributed by atoms with Crippen molar-refractivity contribution in [1.29, 1.82) is 0 Å². The molecule has 0 bridgehead atoms. The quantitative estimate of drug-likeness (QED) is 0.599. The maximum atomic E-state index is 13.3. The Hall–Kier alpha value is -2.04. The van der Waals surface area contributed by atoms with Crippen LogP contribution in [0.2, 0.25) is 0 Å². The molecule has 1 nitrogen and oxygen atoms in total. The van der Waals surface area contributed by atoms with Crippen molar-refractivity contribution < 1.29 is 22.3 Å². The first-order valence-electron chi connectivity index (χ1n) is 5.08. The molecule has 0 atom stereocenters. The molecule has 0 heterocycles. The van der Waals surface area contributed by atoms with Crippen molar-refractivity contribution >= 4 is 0 Å². The molecule has 0 fully saturated rings. The molecule has 94 valence electrons. The summed E-state index contributed by atoms with van der Waals surface area (Å²) in [6, 6.07) is 7.12. The Morgan fingerprint density at radius 2 is 1.67 bits per heavy atom. The zero-order valence-electron chi connectivity index (χ0n) is 9.09. The lowest BCUT2D eigenvalue weighted by atomic mass is 10.2. The largest absolute Gasteiger partial charge is 0.489 e. The summed E-state index contributed by atoms with van der Waals surface area (Å²) in [6.07, 6.45) is 0. The molecule has 0 aliphatic carbocycles. The number of benzene rings is 2. The maximum absolute atomic E-state index is 13.3. The number of halogens is 4. The second kappa shape index (κ2) is 5.08. The minimum atomic E-state index is -1.55. The molecule has 0 saturated carbocycles. The smallest absolute Gasteiger partial charge is 0.194 e. The number of ether oxygens (including phenoxy) is 1. The van der Waals surface area contributed by atoms with E-state index in [9.17, 15) is 17.6 Å². The Morgan fingerprint density at radius 1 is 0.889 bits per heavy atom. The van der Waals surface area contributed by atoms with Crippen LogP contribution in [0.15, 0.2) is 36.4 Å². The topological polar surface area (TPSA) is 9.23 Å². The van der Waals surface area contributed by atoms with Crippen LogP contribution in [-0.2, 0) is 6.61 Å². The van der Waals surface area contributed by atoms with E-state index in [0.717, 1.165) is 18.2 Å². The van der Waals surface area contributed by atoms with Crippen molar-refractivity contribution in [2.24, 2.45) is 0 Å². The molecule has 2 rings (SSSR count). The highest BCUT2D eigenvalue weighted by molar-refractivity contribution is 5.24. The predicted molar refractivity (Wildman–Crippen MR) is 57.0 cm³/mol. The summed E-state index contributed by atoms with van der Waals surface area (Å²) in [5.41, 5.74) is -0.141. The van der Waals surface area contributed by atoms with Gasteiger partial charge in [-0.2, -0.15) is 0 Å². The Balaban J connectivity index is 2.14. The van der Waals surface area contributed by atoms with Crippen LogP contribution in [0, 0.1) is 23.3 Å². The molecule has 0 spiro atoms. The molecular weight excluding hydrogens is 248 g/mol. The summed E-state index contributed by atoms with van der Waals surface area (Å²) in [4.78, 5) is 0. The SMILES string of the molecule is Fc1cccc(OCc2ccc(F)c(F)c2F)c1. The second-order valence-corrected chi connectivity index (χ2v) is 3.58. The Bertz CT molecular complexity index is 569. The van der Waals surface area contributed by atoms with Crippen LogP contribution in [0.5, 0.6) is 5.75 Å². The molecule has 5 heteroatoms. The van der Waals surface area contributed by atoms with Crippen LogP contribution < -0.4 is 4.74 Å². The third-order valence-electron chi connectivity index (χ3n) is 2.31. The van der Waals surface area contributed by atoms with Crippen molar-refractivity contribution in [2.75, 3.05) is 0 Å². The van der Waals surface area contributed by atoms with Crippen LogP contribution in [0.4, 0.5) is 17.6 Å². The lowest BCUT2D eigenvalue weighted by molar-refractivity contribution is 0.294. The zero-order chi connectivity index (χ0) is 13.1. The summed E-state index contributed by atoms with van der Waals surface area (Å²) in [7, 11) is 0. The Kier molecular flexibility index (Phi) is 3.50. The fourth-order valence-corrected chi connectivity index (χ4v) is 1.40. The molecule has 18 heavy (non-hydrogen) atoms. The lowest BCUT2D eigenvalue weighted by Gasteiger charge is -2.07. The fraction of sp³-hybridized carbons (Fsp3) is 0.0769. The van der Waals surface area contributed by atoms with Gasteiger partial charge >= 0.3 is 0 Å². The summed E-state index contributed by atoms with van der Waals surface area (Å²) >= 11 is 0. The van der Waals surface area contributed by atoms with E-state index in [1.54, 1.807) is 0 Å². The van der Waals surface area contributed by atoms with Crippen LogP contribution >= 0.6 is 0 Å². The molecule has 0 amide bonds. The third kappa shape index (κ3) is 2.61. The first kappa shape index (κ1) is 12.4. The monoisotopic (exact) mass is 256 g/mol. The van der Waals surface area contributed by atoms with Gasteiger partial charge in [-0.05, 0) is 24.3 Å². The average molecular weight is 256 g/mol. The van der Waals surface area contributed by atoms with Gasteiger partial charge in [0.15, 0.2) is 17.5 Å². The molecule has 0 aliphatic rings. The minimum absolute atomic E-state index is 0.141. The third-order valence-corrected chi connectivity index (χ3v) is 2.31. The highest BCUT2D eigenvalue weighted by Gasteiger charge is 2.13. The number of hydrogen-bond acceptors (Lipinski definition) is 1. The van der Waals surface area contributed by atoms with E-state index in [-0.39, 0.29) is 17.9 Å². The first-order chi connectivity index (χ1) is 8.58. The second-order valence-electron chi connectivity index (χ2n) is 3.58. The van der Waals surface area contributed by atoms with Gasteiger partial charge in [0, 0.05) is 11.6 Å². The highest BCUT2D eigenvalue weighted by atomic mass is 19.2. The number of hydrogen-bond donors (Lipinski definition) is 0. The van der Waals surface area contributed by atoms with E-state index in [1.165, 1.54) is 18.2 Å². The molecule has 0 N–H and O–H groups in total. The summed E-state index contributed by atoms with van der Waals surface area (Å²) in [5, 5.41) is 0. The van der Waals surface area contributed by atoms with Gasteiger partial charge in [0.05, 0.1) is 0 Å². The van der Waals surface area contributed by atoms with E-state index in [4.69, 9.17) is 4.74 Å². The number of rotatable bonds is 3. The lowest BCUT2D eigenvalue weighted by Crippen LogP contribution is -2.02. The predicted octanol–water partition coefficient (Wildman–Crippen LogP) is 3.82. The normalized spacial score (nSPS) is 10.4. The molecule has 0 saturated heterocycles. The van der Waals surface area contributed by atoms with Gasteiger partial charge in [-0.1, -0.05) is 6.07 Å². The van der Waals surface area contributed by atoms with E-state index >= 15 is 0 Å². The van der Waals surface area contributed by atoms with Gasteiger partial charge in [-0.15, -0.1) is 0 Å². The summed E-state index contributed by atoms with van der Waals surface area (Å²) in [6.45, 7) is -0.313. The van der Waals surface area contributed by atoms with Crippen LogP contribution in [0.3, 0.4) is 0 Å². The molecule has 2 aromatic rings. The van der Waals surface area contributed by atoms with Gasteiger partial charge in [0.1, 0.15) is 18.2 Å². The van der Waals surface area contributed by atoms with Gasteiger partial charge in [0.25, 0.3) is 0 Å². The molecule has 2 aromatic carbocycles. The van der Waals surface area contributed by atoms with E-state index < -0.39 is 23.3 Å². The molecule has 0 aliphatic heterocycles. The standard InChI is InChI=1S/C13H8F4O/c14-9-2-1-3-10(6-9)18-7-8-4-5-11(15)13(17)12(8)16/h1-6H,7H2. The maximum Gasteiger partial charge on any atom is 0.194 e. The van der Waals surface area contributed by atoms with E-state index in [0.29, 0.717) is 0 Å². The van der Waals surface area contributed by atoms with Crippen molar-refractivity contribution in [3.8, 4) is 5.75 Å².